The highest BCUT2D eigenvalue weighted by atomic mass is 79.9. The van der Waals surface area contributed by atoms with E-state index in [1.165, 1.54) is 11.3 Å². The first-order chi connectivity index (χ1) is 12.3. The maximum absolute atomic E-state index is 6.02. The molecule has 0 fully saturated rings. The van der Waals surface area contributed by atoms with E-state index in [0.717, 1.165) is 26.5 Å². The molecule has 1 aromatic carbocycles. The topological polar surface area (TPSA) is 74.4 Å². The van der Waals surface area contributed by atoms with Crippen molar-refractivity contribution in [3.05, 3.63) is 52.2 Å². The molecule has 0 unspecified atom stereocenters. The summed E-state index contributed by atoms with van der Waals surface area (Å²) >= 11 is 4.86. The summed E-state index contributed by atoms with van der Waals surface area (Å²) in [5.74, 6) is 2.12. The number of ether oxygens (including phenoxy) is 2. The third kappa shape index (κ3) is 2.56. The highest BCUT2D eigenvalue weighted by Crippen LogP contribution is 2.37. The number of aromatic nitrogens is 5. The van der Waals surface area contributed by atoms with Gasteiger partial charge in [0.2, 0.25) is 4.96 Å². The van der Waals surface area contributed by atoms with E-state index in [4.69, 9.17) is 9.47 Å². The van der Waals surface area contributed by atoms with Crippen LogP contribution in [-0.4, -0.2) is 31.4 Å². The molecule has 4 aromatic rings. The van der Waals surface area contributed by atoms with E-state index in [0.29, 0.717) is 17.4 Å². The quantitative estimate of drug-likeness (QED) is 0.498. The summed E-state index contributed by atoms with van der Waals surface area (Å²) in [5.41, 5.74) is 0.838. The third-order valence-corrected chi connectivity index (χ3v) is 5.18. The van der Waals surface area contributed by atoms with Crippen molar-refractivity contribution >= 4 is 32.2 Å². The molecule has 0 radical (unpaired) electrons. The molecule has 0 aliphatic carbocycles. The fourth-order valence-corrected chi connectivity index (χ4v) is 3.83. The maximum atomic E-state index is 6.02. The molecule has 0 N–H and O–H groups in total. The number of hydrogen-bond acceptors (Lipinski definition) is 7. The van der Waals surface area contributed by atoms with Crippen LogP contribution in [0.3, 0.4) is 0 Å². The Hall–Kier alpha value is -2.52. The Morgan fingerprint density at radius 2 is 2.04 bits per heavy atom. The van der Waals surface area contributed by atoms with Crippen molar-refractivity contribution < 1.29 is 9.47 Å². The molecule has 0 amide bonds. The Morgan fingerprint density at radius 1 is 1.16 bits per heavy atom. The zero-order valence-electron chi connectivity index (χ0n) is 12.7. The smallest absolute Gasteiger partial charge is 0.235 e. The van der Waals surface area contributed by atoms with Gasteiger partial charge in [0.15, 0.2) is 28.4 Å². The van der Waals surface area contributed by atoms with Crippen LogP contribution in [0.25, 0.3) is 16.3 Å². The number of pyridine rings is 1. The van der Waals surface area contributed by atoms with Gasteiger partial charge in [0.1, 0.15) is 6.61 Å². The predicted octanol–water partition coefficient (Wildman–Crippen LogP) is 3.52. The summed E-state index contributed by atoms with van der Waals surface area (Å²) in [7, 11) is 0. The minimum absolute atomic E-state index is 0.268. The van der Waals surface area contributed by atoms with E-state index in [9.17, 15) is 0 Å². The molecular weight excluding hydrogens is 406 g/mol. The van der Waals surface area contributed by atoms with Crippen LogP contribution in [0.15, 0.2) is 47.2 Å². The van der Waals surface area contributed by atoms with E-state index in [2.05, 4.69) is 36.2 Å². The minimum Gasteiger partial charge on any atom is -0.485 e. The van der Waals surface area contributed by atoms with Crippen molar-refractivity contribution in [1.82, 2.24) is 24.8 Å². The Bertz CT molecular complexity index is 1080. The van der Waals surface area contributed by atoms with Crippen LogP contribution in [0.1, 0.15) is 11.1 Å². The van der Waals surface area contributed by atoms with E-state index in [1.54, 1.807) is 16.9 Å². The fraction of sp³-hybridized carbons (Fsp3) is 0.125. The summed E-state index contributed by atoms with van der Waals surface area (Å²) in [6.45, 7) is 0.412. The SMILES string of the molecule is Brc1cncc(-c2nnc3sc([C@@H]4COc5ccccc5O4)nn23)c1. The van der Waals surface area contributed by atoms with Crippen LogP contribution in [0.2, 0.25) is 0 Å². The van der Waals surface area contributed by atoms with Gasteiger partial charge in [-0.15, -0.1) is 10.2 Å². The zero-order valence-corrected chi connectivity index (χ0v) is 15.1. The van der Waals surface area contributed by atoms with Gasteiger partial charge in [-0.1, -0.05) is 23.5 Å². The molecule has 1 aliphatic heterocycles. The van der Waals surface area contributed by atoms with Gasteiger partial charge in [-0.2, -0.15) is 9.61 Å². The van der Waals surface area contributed by atoms with Crippen molar-refractivity contribution in [2.45, 2.75) is 6.10 Å². The van der Waals surface area contributed by atoms with Crippen LogP contribution >= 0.6 is 27.3 Å². The fourth-order valence-electron chi connectivity index (χ4n) is 2.62. The highest BCUT2D eigenvalue weighted by molar-refractivity contribution is 9.10. The Balaban J connectivity index is 1.52. The average Bonchev–Trinajstić information content (AvgIpc) is 3.22. The largest absolute Gasteiger partial charge is 0.485 e. The molecule has 25 heavy (non-hydrogen) atoms. The van der Waals surface area contributed by atoms with Gasteiger partial charge in [-0.25, -0.2) is 0 Å². The maximum Gasteiger partial charge on any atom is 0.235 e. The van der Waals surface area contributed by atoms with E-state index < -0.39 is 0 Å². The molecule has 5 rings (SSSR count). The summed E-state index contributed by atoms with van der Waals surface area (Å²) < 4.78 is 14.4. The van der Waals surface area contributed by atoms with Gasteiger partial charge in [-0.05, 0) is 34.1 Å². The zero-order chi connectivity index (χ0) is 16.8. The predicted molar refractivity (Wildman–Crippen MR) is 94.9 cm³/mol. The van der Waals surface area contributed by atoms with Gasteiger partial charge >= 0.3 is 0 Å². The first-order valence-corrected chi connectivity index (χ1v) is 9.10. The van der Waals surface area contributed by atoms with Gasteiger partial charge in [-0.3, -0.25) is 4.98 Å². The van der Waals surface area contributed by atoms with E-state index in [-0.39, 0.29) is 6.10 Å². The molecule has 3 aromatic heterocycles. The standard InChI is InChI=1S/C16H10BrN5O2S/c17-10-5-9(6-18-7-10)14-19-20-16-22(14)21-15(25-16)13-8-23-11-3-1-2-4-12(11)24-13/h1-7,13H,8H2/t13-/m0/s1. The molecule has 0 spiro atoms. The van der Waals surface area contributed by atoms with Crippen LogP contribution < -0.4 is 9.47 Å². The number of fused-ring (bicyclic) bond motifs is 2. The number of nitrogens with zero attached hydrogens (tertiary/aromatic N) is 5. The second-order valence-electron chi connectivity index (χ2n) is 5.41. The molecule has 4 heterocycles. The molecule has 124 valence electrons. The molecule has 9 heteroatoms. The lowest BCUT2D eigenvalue weighted by Crippen LogP contribution is -2.21. The minimum atomic E-state index is -0.268. The molecule has 1 atom stereocenters. The number of halogens is 1. The second kappa shape index (κ2) is 5.78. The van der Waals surface area contributed by atoms with E-state index >= 15 is 0 Å². The van der Waals surface area contributed by atoms with Crippen molar-refractivity contribution in [2.24, 2.45) is 0 Å². The summed E-state index contributed by atoms with van der Waals surface area (Å²) in [5, 5.41) is 13.9. The Labute approximate surface area is 154 Å². The molecular formula is C16H10BrN5O2S. The van der Waals surface area contributed by atoms with Gasteiger partial charge in [0.05, 0.1) is 0 Å². The highest BCUT2D eigenvalue weighted by Gasteiger charge is 2.27. The molecule has 0 saturated heterocycles. The molecule has 7 nitrogen and oxygen atoms in total. The normalized spacial score (nSPS) is 16.3. The number of para-hydroxylation sites is 2. The Morgan fingerprint density at radius 3 is 2.92 bits per heavy atom. The van der Waals surface area contributed by atoms with Crippen LogP contribution in [-0.2, 0) is 0 Å². The van der Waals surface area contributed by atoms with Crippen molar-refractivity contribution in [3.8, 4) is 22.9 Å². The third-order valence-electron chi connectivity index (χ3n) is 3.75. The molecule has 0 saturated carbocycles. The number of rotatable bonds is 2. The summed E-state index contributed by atoms with van der Waals surface area (Å²) in [6.07, 6.45) is 3.19. The van der Waals surface area contributed by atoms with Crippen LogP contribution in [0.5, 0.6) is 11.5 Å². The number of benzene rings is 1. The first-order valence-electron chi connectivity index (χ1n) is 7.49. The van der Waals surface area contributed by atoms with Crippen LogP contribution in [0, 0.1) is 0 Å². The van der Waals surface area contributed by atoms with Crippen molar-refractivity contribution in [2.75, 3.05) is 6.61 Å². The lowest BCUT2D eigenvalue weighted by atomic mass is 10.2. The van der Waals surface area contributed by atoms with Gasteiger partial charge in [0.25, 0.3) is 0 Å². The second-order valence-corrected chi connectivity index (χ2v) is 7.32. The average molecular weight is 416 g/mol. The number of hydrogen-bond donors (Lipinski definition) is 0. The Kier molecular flexibility index (Phi) is 3.42. The van der Waals surface area contributed by atoms with E-state index in [1.807, 2.05) is 30.3 Å². The lowest BCUT2D eigenvalue weighted by Gasteiger charge is -2.24. The van der Waals surface area contributed by atoms with Crippen LogP contribution in [0.4, 0.5) is 0 Å². The first kappa shape index (κ1) is 14.8. The monoisotopic (exact) mass is 415 g/mol. The van der Waals surface area contributed by atoms with Gasteiger partial charge in [0, 0.05) is 22.4 Å². The molecule has 0 bridgehead atoms. The van der Waals surface area contributed by atoms with Gasteiger partial charge < -0.3 is 9.47 Å². The lowest BCUT2D eigenvalue weighted by molar-refractivity contribution is 0.0904. The van der Waals surface area contributed by atoms with Crippen molar-refractivity contribution in [3.63, 3.8) is 0 Å². The van der Waals surface area contributed by atoms with Crippen molar-refractivity contribution in [1.29, 1.82) is 0 Å². The molecule has 1 aliphatic rings. The summed E-state index contributed by atoms with van der Waals surface area (Å²) in [6, 6.07) is 9.55. The summed E-state index contributed by atoms with van der Waals surface area (Å²) in [4.78, 5) is 4.87.